The first-order valence-electron chi connectivity index (χ1n) is 6.24. The third kappa shape index (κ3) is 2.06. The minimum atomic E-state index is -0.369. The van der Waals surface area contributed by atoms with Crippen molar-refractivity contribution in [2.24, 2.45) is 17.6 Å². The van der Waals surface area contributed by atoms with Crippen molar-refractivity contribution in [1.82, 2.24) is 0 Å². The Morgan fingerprint density at radius 3 is 2.25 bits per heavy atom. The molecular weight excluding hydrogens is 276 g/mol. The number of imide groups is 1. The molecule has 2 N–H and O–H groups in total. The van der Waals surface area contributed by atoms with Gasteiger partial charge in [0, 0.05) is 17.4 Å². The van der Waals surface area contributed by atoms with Crippen molar-refractivity contribution in [3.63, 3.8) is 0 Å². The van der Waals surface area contributed by atoms with Crippen molar-refractivity contribution >= 4 is 34.7 Å². The zero-order valence-electron chi connectivity index (χ0n) is 11.5. The lowest BCUT2D eigenvalue weighted by atomic mass is 10.00. The van der Waals surface area contributed by atoms with Crippen molar-refractivity contribution in [3.05, 3.63) is 23.8 Å². The van der Waals surface area contributed by atoms with Crippen LogP contribution in [0, 0.1) is 11.8 Å². The first kappa shape index (κ1) is 14.5. The number of rotatable bonds is 3. The van der Waals surface area contributed by atoms with Gasteiger partial charge >= 0.3 is 0 Å². The third-order valence-electron chi connectivity index (χ3n) is 3.68. The number of anilines is 1. The molecule has 1 saturated heterocycles. The maximum absolute atomic E-state index is 12.3. The molecule has 1 aromatic rings. The van der Waals surface area contributed by atoms with E-state index in [1.54, 1.807) is 32.0 Å². The summed E-state index contributed by atoms with van der Waals surface area (Å²) >= 11 is 5.00. The zero-order chi connectivity index (χ0) is 15.0. The highest BCUT2D eigenvalue weighted by molar-refractivity contribution is 7.80. The largest absolute Gasteiger partial charge is 0.495 e. The number of hydrogen-bond acceptors (Lipinski definition) is 4. The van der Waals surface area contributed by atoms with Crippen LogP contribution in [0.3, 0.4) is 0 Å². The molecule has 1 heterocycles. The minimum absolute atomic E-state index is 0.117. The number of amides is 2. The smallest absolute Gasteiger partial charge is 0.237 e. The lowest BCUT2D eigenvalue weighted by Gasteiger charge is -2.21. The molecule has 6 heteroatoms. The summed E-state index contributed by atoms with van der Waals surface area (Å²) in [6.45, 7) is 3.47. The highest BCUT2D eigenvalue weighted by Crippen LogP contribution is 2.38. The second kappa shape index (κ2) is 5.20. The molecule has 0 aliphatic carbocycles. The van der Waals surface area contributed by atoms with E-state index < -0.39 is 0 Å². The molecule has 1 aliphatic rings. The Hall–Kier alpha value is -1.95. The lowest BCUT2D eigenvalue weighted by molar-refractivity contribution is -0.122. The average Bonchev–Trinajstić information content (AvgIpc) is 2.62. The summed E-state index contributed by atoms with van der Waals surface area (Å²) in [5.41, 5.74) is 6.49. The normalized spacial score (nSPS) is 22.2. The molecule has 0 spiro atoms. The van der Waals surface area contributed by atoms with Crippen LogP contribution in [0.2, 0.25) is 0 Å². The Kier molecular flexibility index (Phi) is 3.76. The number of carbonyl (C=O) groups excluding carboxylic acids is 2. The summed E-state index contributed by atoms with van der Waals surface area (Å²) in [5, 5.41) is 0. The number of methoxy groups -OCH3 is 1. The van der Waals surface area contributed by atoms with Gasteiger partial charge in [-0.2, -0.15) is 0 Å². The number of para-hydroxylation sites is 1. The van der Waals surface area contributed by atoms with Gasteiger partial charge in [-0.1, -0.05) is 32.1 Å². The molecule has 106 valence electrons. The highest BCUT2D eigenvalue weighted by Gasteiger charge is 2.45. The average molecular weight is 292 g/mol. The van der Waals surface area contributed by atoms with Gasteiger partial charge in [0.25, 0.3) is 0 Å². The van der Waals surface area contributed by atoms with Crippen LogP contribution < -0.4 is 15.4 Å². The van der Waals surface area contributed by atoms with E-state index in [2.05, 4.69) is 0 Å². The summed E-state index contributed by atoms with van der Waals surface area (Å²) in [6.07, 6.45) is 0. The summed E-state index contributed by atoms with van der Waals surface area (Å²) in [4.78, 5) is 25.9. The summed E-state index contributed by atoms with van der Waals surface area (Å²) in [6, 6.07) is 5.06. The Morgan fingerprint density at radius 2 is 1.80 bits per heavy atom. The quantitative estimate of drug-likeness (QED) is 0.675. The first-order valence-corrected chi connectivity index (χ1v) is 6.65. The van der Waals surface area contributed by atoms with Crippen LogP contribution in [0.4, 0.5) is 5.69 Å². The van der Waals surface area contributed by atoms with Gasteiger partial charge in [-0.3, -0.25) is 9.59 Å². The van der Waals surface area contributed by atoms with E-state index in [9.17, 15) is 9.59 Å². The SMILES string of the molecule is COc1cccc(C(N)=S)c1N1C(=O)C(C)C(C)C1=O. The fourth-order valence-electron chi connectivity index (χ4n) is 2.28. The Bertz CT molecular complexity index is 580. The predicted molar refractivity (Wildman–Crippen MR) is 79.7 cm³/mol. The van der Waals surface area contributed by atoms with E-state index in [0.717, 1.165) is 4.90 Å². The molecule has 5 nitrogen and oxygen atoms in total. The van der Waals surface area contributed by atoms with Gasteiger partial charge in [0.05, 0.1) is 7.11 Å². The molecule has 0 bridgehead atoms. The number of thiocarbonyl (C=S) groups is 1. The van der Waals surface area contributed by atoms with Gasteiger partial charge in [0.1, 0.15) is 16.4 Å². The number of ether oxygens (including phenoxy) is 1. The van der Waals surface area contributed by atoms with E-state index in [1.807, 2.05) is 0 Å². The second-order valence-corrected chi connectivity index (χ2v) is 5.25. The van der Waals surface area contributed by atoms with E-state index in [0.29, 0.717) is 17.0 Å². The molecule has 2 amide bonds. The van der Waals surface area contributed by atoms with Gasteiger partial charge in [0.2, 0.25) is 11.8 Å². The van der Waals surface area contributed by atoms with E-state index >= 15 is 0 Å². The van der Waals surface area contributed by atoms with Crippen LogP contribution in [0.5, 0.6) is 5.75 Å². The number of hydrogen-bond donors (Lipinski definition) is 1. The fraction of sp³-hybridized carbons (Fsp3) is 0.357. The number of nitrogens with zero attached hydrogens (tertiary/aromatic N) is 1. The summed E-state index contributed by atoms with van der Waals surface area (Å²) in [7, 11) is 1.47. The van der Waals surface area contributed by atoms with Crippen molar-refractivity contribution in [1.29, 1.82) is 0 Å². The predicted octanol–water partition coefficient (Wildman–Crippen LogP) is 1.47. The molecule has 0 aromatic heterocycles. The molecule has 1 aromatic carbocycles. The third-order valence-corrected chi connectivity index (χ3v) is 3.90. The van der Waals surface area contributed by atoms with Crippen LogP contribution >= 0.6 is 12.2 Å². The van der Waals surface area contributed by atoms with Gasteiger partial charge < -0.3 is 10.5 Å². The van der Waals surface area contributed by atoms with Gasteiger partial charge in [-0.05, 0) is 12.1 Å². The van der Waals surface area contributed by atoms with Crippen molar-refractivity contribution < 1.29 is 14.3 Å². The van der Waals surface area contributed by atoms with Crippen molar-refractivity contribution in [2.75, 3.05) is 12.0 Å². The molecular formula is C14H16N2O3S. The van der Waals surface area contributed by atoms with Crippen LogP contribution in [-0.4, -0.2) is 23.9 Å². The fourth-order valence-corrected chi connectivity index (χ4v) is 2.45. The Labute approximate surface area is 122 Å². The Morgan fingerprint density at radius 1 is 1.25 bits per heavy atom. The van der Waals surface area contributed by atoms with Gasteiger partial charge in [-0.25, -0.2) is 4.90 Å². The van der Waals surface area contributed by atoms with Crippen molar-refractivity contribution in [3.8, 4) is 5.75 Å². The molecule has 2 unspecified atom stereocenters. The summed E-state index contributed by atoms with van der Waals surface area (Å²) in [5.74, 6) is -0.856. The van der Waals surface area contributed by atoms with E-state index in [4.69, 9.17) is 22.7 Å². The van der Waals surface area contributed by atoms with Crippen LogP contribution in [-0.2, 0) is 9.59 Å². The van der Waals surface area contributed by atoms with Gasteiger partial charge in [0.15, 0.2) is 0 Å². The molecule has 20 heavy (non-hydrogen) atoms. The molecule has 0 saturated carbocycles. The topological polar surface area (TPSA) is 72.6 Å². The van der Waals surface area contributed by atoms with Crippen LogP contribution in [0.15, 0.2) is 18.2 Å². The summed E-state index contributed by atoms with van der Waals surface area (Å²) < 4.78 is 5.25. The van der Waals surface area contributed by atoms with Gasteiger partial charge in [-0.15, -0.1) is 0 Å². The second-order valence-electron chi connectivity index (χ2n) is 4.81. The molecule has 2 rings (SSSR count). The Balaban J connectivity index is 2.66. The molecule has 0 radical (unpaired) electrons. The number of carbonyl (C=O) groups is 2. The number of nitrogens with two attached hydrogens (primary N) is 1. The first-order chi connectivity index (χ1) is 9.40. The van der Waals surface area contributed by atoms with Crippen molar-refractivity contribution in [2.45, 2.75) is 13.8 Å². The highest BCUT2D eigenvalue weighted by atomic mass is 32.1. The van der Waals surface area contributed by atoms with E-state index in [1.165, 1.54) is 7.11 Å². The molecule has 2 atom stereocenters. The minimum Gasteiger partial charge on any atom is -0.495 e. The maximum atomic E-state index is 12.3. The standard InChI is InChI=1S/C14H16N2O3S/c1-7-8(2)14(18)16(13(7)17)11-9(12(15)20)5-4-6-10(11)19-3/h4-8H,1-3H3,(H2,15,20). The molecule has 1 fully saturated rings. The number of benzene rings is 1. The lowest BCUT2D eigenvalue weighted by Crippen LogP contribution is -2.33. The van der Waals surface area contributed by atoms with Crippen LogP contribution in [0.1, 0.15) is 19.4 Å². The monoisotopic (exact) mass is 292 g/mol. The van der Waals surface area contributed by atoms with E-state index in [-0.39, 0.29) is 28.6 Å². The van der Waals surface area contributed by atoms with Crippen LogP contribution in [0.25, 0.3) is 0 Å². The zero-order valence-corrected chi connectivity index (χ0v) is 12.4. The maximum Gasteiger partial charge on any atom is 0.237 e. The molecule has 1 aliphatic heterocycles.